The van der Waals surface area contributed by atoms with Crippen molar-refractivity contribution in [2.24, 2.45) is 5.92 Å². The Kier molecular flexibility index (Phi) is 4.50. The van der Waals surface area contributed by atoms with Crippen LogP contribution in [-0.2, 0) is 4.79 Å². The van der Waals surface area contributed by atoms with Crippen molar-refractivity contribution in [3.8, 4) is 5.69 Å². The molecule has 142 valence electrons. The Morgan fingerprint density at radius 2 is 1.89 bits per heavy atom. The molecule has 2 unspecified atom stereocenters. The fourth-order valence-corrected chi connectivity index (χ4v) is 4.41. The maximum absolute atomic E-state index is 13.3. The Morgan fingerprint density at radius 1 is 1.07 bits per heavy atom. The van der Waals surface area contributed by atoms with Crippen LogP contribution in [0.25, 0.3) is 5.69 Å². The van der Waals surface area contributed by atoms with Gasteiger partial charge in [-0.05, 0) is 56.9 Å². The second kappa shape index (κ2) is 6.83. The molecule has 0 aliphatic carbocycles. The van der Waals surface area contributed by atoms with E-state index in [2.05, 4.69) is 5.10 Å². The number of fused-ring (bicyclic) bond motifs is 4. The number of piperidine rings is 1. The third kappa shape index (κ3) is 3.36. The van der Waals surface area contributed by atoms with Gasteiger partial charge in [0.25, 0.3) is 5.91 Å². The van der Waals surface area contributed by atoms with E-state index in [1.807, 2.05) is 58.7 Å². The van der Waals surface area contributed by atoms with Crippen LogP contribution >= 0.6 is 0 Å². The summed E-state index contributed by atoms with van der Waals surface area (Å²) in [5.41, 5.74) is 3.58. The summed E-state index contributed by atoms with van der Waals surface area (Å²) >= 11 is 0. The van der Waals surface area contributed by atoms with Crippen molar-refractivity contribution < 1.29 is 9.59 Å². The first-order valence-corrected chi connectivity index (χ1v) is 9.62. The van der Waals surface area contributed by atoms with Crippen molar-refractivity contribution in [3.63, 3.8) is 0 Å². The molecule has 5 rings (SSSR count). The van der Waals surface area contributed by atoms with Gasteiger partial charge >= 0.3 is 0 Å². The van der Waals surface area contributed by atoms with Crippen LogP contribution in [-0.4, -0.2) is 57.1 Å². The number of aryl methyl sites for hydroxylation is 2. The van der Waals surface area contributed by atoms with Crippen molar-refractivity contribution in [2.75, 3.05) is 19.6 Å². The number of aromatic nitrogens is 2. The van der Waals surface area contributed by atoms with E-state index in [4.69, 9.17) is 0 Å². The van der Waals surface area contributed by atoms with E-state index < -0.39 is 0 Å². The predicted octanol–water partition coefficient (Wildman–Crippen LogP) is 2.57. The fraction of sp³-hybridized carbons (Fsp3) is 0.476. The van der Waals surface area contributed by atoms with Crippen molar-refractivity contribution in [1.82, 2.24) is 19.6 Å². The van der Waals surface area contributed by atoms with Crippen molar-refractivity contribution >= 4 is 11.8 Å². The molecule has 4 heterocycles. The first kappa shape index (κ1) is 17.8. The minimum atomic E-state index is 0.0542. The molecular weight excluding hydrogens is 340 g/mol. The smallest absolute Gasteiger partial charge is 0.254 e. The Morgan fingerprint density at radius 3 is 2.59 bits per heavy atom. The van der Waals surface area contributed by atoms with Gasteiger partial charge < -0.3 is 9.80 Å². The van der Waals surface area contributed by atoms with Crippen LogP contribution in [0.15, 0.2) is 30.3 Å². The molecule has 3 saturated heterocycles. The second-order valence-electron chi connectivity index (χ2n) is 7.87. The number of rotatable bonds is 2. The summed E-state index contributed by atoms with van der Waals surface area (Å²) in [5.74, 6) is 0.530. The minimum Gasteiger partial charge on any atom is -0.341 e. The summed E-state index contributed by atoms with van der Waals surface area (Å²) in [6.45, 7) is 7.74. The molecular formula is C21H26N4O2. The molecule has 0 spiro atoms. The standard InChI is InChI=1S/C21H26N4O2/c1-14-9-15(2)25(22-14)19-6-4-5-18(10-19)21(27)24-12-17-7-8-20(24)13-23(11-17)16(3)26/h4-6,9-10,17,20H,7-8,11-13H2,1-3H3. The summed E-state index contributed by atoms with van der Waals surface area (Å²) in [6, 6.07) is 9.82. The van der Waals surface area contributed by atoms with Gasteiger partial charge in [-0.1, -0.05) is 6.07 Å². The van der Waals surface area contributed by atoms with E-state index in [1.165, 1.54) is 0 Å². The van der Waals surface area contributed by atoms with Crippen LogP contribution in [0, 0.1) is 19.8 Å². The largest absolute Gasteiger partial charge is 0.341 e. The van der Waals surface area contributed by atoms with E-state index in [9.17, 15) is 9.59 Å². The summed E-state index contributed by atoms with van der Waals surface area (Å²) < 4.78 is 1.87. The van der Waals surface area contributed by atoms with E-state index in [-0.39, 0.29) is 17.9 Å². The number of amides is 2. The van der Waals surface area contributed by atoms with Gasteiger partial charge in [0.2, 0.25) is 5.91 Å². The molecule has 2 amide bonds. The topological polar surface area (TPSA) is 58.4 Å². The van der Waals surface area contributed by atoms with Crippen molar-refractivity contribution in [2.45, 2.75) is 39.7 Å². The Hall–Kier alpha value is -2.63. The molecule has 2 aromatic rings. The summed E-state index contributed by atoms with van der Waals surface area (Å²) in [6.07, 6.45) is 2.06. The van der Waals surface area contributed by atoms with Gasteiger partial charge in [-0.15, -0.1) is 0 Å². The molecule has 0 saturated carbocycles. The molecule has 2 bridgehead atoms. The first-order valence-electron chi connectivity index (χ1n) is 9.62. The molecule has 3 aliphatic heterocycles. The molecule has 0 radical (unpaired) electrons. The Balaban J connectivity index is 1.61. The predicted molar refractivity (Wildman–Crippen MR) is 103 cm³/mol. The van der Waals surface area contributed by atoms with Crippen LogP contribution < -0.4 is 0 Å². The zero-order valence-corrected chi connectivity index (χ0v) is 16.2. The summed E-state index contributed by atoms with van der Waals surface area (Å²) in [4.78, 5) is 29.0. The first-order chi connectivity index (χ1) is 12.9. The monoisotopic (exact) mass is 366 g/mol. The number of hydrogen-bond donors (Lipinski definition) is 0. The number of benzene rings is 1. The molecule has 1 aromatic heterocycles. The van der Waals surface area contributed by atoms with Crippen LogP contribution in [0.4, 0.5) is 0 Å². The molecule has 2 atom stereocenters. The lowest BCUT2D eigenvalue weighted by atomic mass is 9.94. The molecule has 3 aliphatic rings. The highest BCUT2D eigenvalue weighted by Crippen LogP contribution is 2.29. The third-order valence-corrected chi connectivity index (χ3v) is 5.77. The average molecular weight is 366 g/mol. The molecule has 6 nitrogen and oxygen atoms in total. The van der Waals surface area contributed by atoms with Gasteiger partial charge in [-0.3, -0.25) is 9.59 Å². The van der Waals surface area contributed by atoms with E-state index in [0.29, 0.717) is 18.0 Å². The maximum atomic E-state index is 13.3. The van der Waals surface area contributed by atoms with Crippen LogP contribution in [0.1, 0.15) is 41.5 Å². The van der Waals surface area contributed by atoms with Crippen LogP contribution in [0.5, 0.6) is 0 Å². The zero-order chi connectivity index (χ0) is 19.1. The van der Waals surface area contributed by atoms with E-state index >= 15 is 0 Å². The highest BCUT2D eigenvalue weighted by Gasteiger charge is 2.38. The summed E-state index contributed by atoms with van der Waals surface area (Å²) in [7, 11) is 0. The van der Waals surface area contributed by atoms with Gasteiger partial charge in [0.15, 0.2) is 0 Å². The van der Waals surface area contributed by atoms with Gasteiger partial charge in [0, 0.05) is 43.9 Å². The van der Waals surface area contributed by atoms with E-state index in [1.54, 1.807) is 6.92 Å². The average Bonchev–Trinajstić information content (AvgIpc) is 2.82. The minimum absolute atomic E-state index is 0.0542. The Bertz CT molecular complexity index is 888. The van der Waals surface area contributed by atoms with Gasteiger partial charge in [-0.2, -0.15) is 5.10 Å². The molecule has 6 heteroatoms. The maximum Gasteiger partial charge on any atom is 0.254 e. The molecule has 0 N–H and O–H groups in total. The highest BCUT2D eigenvalue weighted by atomic mass is 16.2. The second-order valence-corrected chi connectivity index (χ2v) is 7.87. The van der Waals surface area contributed by atoms with Crippen LogP contribution in [0.2, 0.25) is 0 Å². The number of hydrogen-bond acceptors (Lipinski definition) is 3. The lowest BCUT2D eigenvalue weighted by Crippen LogP contribution is -2.47. The fourth-order valence-electron chi connectivity index (χ4n) is 4.41. The number of carbonyl (C=O) groups is 2. The lowest BCUT2D eigenvalue weighted by molar-refractivity contribution is -0.129. The van der Waals surface area contributed by atoms with Gasteiger partial charge in [-0.25, -0.2) is 4.68 Å². The quantitative estimate of drug-likeness (QED) is 0.821. The van der Waals surface area contributed by atoms with Crippen molar-refractivity contribution in [3.05, 3.63) is 47.3 Å². The van der Waals surface area contributed by atoms with Crippen molar-refractivity contribution in [1.29, 1.82) is 0 Å². The lowest BCUT2D eigenvalue weighted by Gasteiger charge is -2.36. The van der Waals surface area contributed by atoms with E-state index in [0.717, 1.165) is 43.0 Å². The highest BCUT2D eigenvalue weighted by molar-refractivity contribution is 5.95. The Labute approximate surface area is 159 Å². The van der Waals surface area contributed by atoms with Crippen LogP contribution in [0.3, 0.4) is 0 Å². The molecule has 3 fully saturated rings. The van der Waals surface area contributed by atoms with Gasteiger partial charge in [0.05, 0.1) is 11.4 Å². The molecule has 27 heavy (non-hydrogen) atoms. The number of carbonyl (C=O) groups excluding carboxylic acids is 2. The third-order valence-electron chi connectivity index (χ3n) is 5.77. The zero-order valence-electron chi connectivity index (χ0n) is 16.2. The normalized spacial score (nSPS) is 22.0. The van der Waals surface area contributed by atoms with Gasteiger partial charge in [0.1, 0.15) is 0 Å². The summed E-state index contributed by atoms with van der Waals surface area (Å²) in [5, 5.41) is 4.52. The molecule has 1 aromatic carbocycles. The SMILES string of the molecule is CC(=O)N1CC2CCC(C1)N(C(=O)c1cccc(-n3nc(C)cc3C)c1)C2. The number of nitrogens with zero attached hydrogens (tertiary/aromatic N) is 4.